The van der Waals surface area contributed by atoms with Gasteiger partial charge >= 0.3 is 0 Å². The highest BCUT2D eigenvalue weighted by atomic mass is 79.9. The van der Waals surface area contributed by atoms with E-state index in [-0.39, 0.29) is 0 Å². The second kappa shape index (κ2) is 4.22. The summed E-state index contributed by atoms with van der Waals surface area (Å²) in [5, 5.41) is 0. The summed E-state index contributed by atoms with van der Waals surface area (Å²) < 4.78 is 1.00. The summed E-state index contributed by atoms with van der Waals surface area (Å²) >= 11 is 3.35. The predicted molar refractivity (Wildman–Crippen MR) is 58.0 cm³/mol. The van der Waals surface area contributed by atoms with E-state index in [0.29, 0.717) is 11.7 Å². The molecule has 1 unspecified atom stereocenters. The number of pyridine rings is 1. The van der Waals surface area contributed by atoms with Gasteiger partial charge in [0.2, 0.25) is 0 Å². The van der Waals surface area contributed by atoms with Crippen LogP contribution in [0, 0.1) is 5.92 Å². The fourth-order valence-electron chi connectivity index (χ4n) is 1.89. The Hall–Kier alpha value is -0.700. The number of carbonyl (C=O) groups is 1. The van der Waals surface area contributed by atoms with Crippen LogP contribution in [0.3, 0.4) is 0 Å². The van der Waals surface area contributed by atoms with Crippen LogP contribution in [0.15, 0.2) is 22.8 Å². The minimum Gasteiger partial charge on any atom is -0.300 e. The van der Waals surface area contributed by atoms with Crippen molar-refractivity contribution >= 4 is 21.7 Å². The van der Waals surface area contributed by atoms with Gasteiger partial charge in [0.25, 0.3) is 0 Å². The van der Waals surface area contributed by atoms with Crippen LogP contribution >= 0.6 is 15.9 Å². The fourth-order valence-corrected chi connectivity index (χ4v) is 2.12. The lowest BCUT2D eigenvalue weighted by Crippen LogP contribution is -2.01. The van der Waals surface area contributed by atoms with Crippen LogP contribution in [-0.2, 0) is 11.2 Å². The average Bonchev–Trinajstić information content (AvgIpc) is 2.56. The predicted octanol–water partition coefficient (Wildman–Crippen LogP) is 2.76. The van der Waals surface area contributed by atoms with Crippen molar-refractivity contribution in [3.05, 3.63) is 28.5 Å². The van der Waals surface area contributed by atoms with E-state index in [1.807, 2.05) is 18.3 Å². The number of rotatable bonds is 2. The van der Waals surface area contributed by atoms with E-state index >= 15 is 0 Å². The number of carbonyl (C=O) groups excluding carboxylic acids is 1. The van der Waals surface area contributed by atoms with E-state index in [1.54, 1.807) is 0 Å². The van der Waals surface area contributed by atoms with Crippen molar-refractivity contribution in [3.63, 3.8) is 0 Å². The molecule has 1 aromatic rings. The zero-order chi connectivity index (χ0) is 9.97. The molecule has 1 aromatic heterocycles. The normalized spacial score (nSPS) is 21.5. The summed E-state index contributed by atoms with van der Waals surface area (Å²) in [5.74, 6) is 0.934. The number of aromatic nitrogens is 1. The first-order chi connectivity index (χ1) is 6.74. The molecule has 0 aromatic carbocycles. The molecule has 0 aliphatic heterocycles. The van der Waals surface area contributed by atoms with Crippen molar-refractivity contribution in [3.8, 4) is 0 Å². The second-order valence-electron chi connectivity index (χ2n) is 3.82. The van der Waals surface area contributed by atoms with E-state index < -0.39 is 0 Å². The summed E-state index contributed by atoms with van der Waals surface area (Å²) in [5.41, 5.74) is 1.09. The molecule has 0 spiro atoms. The Labute approximate surface area is 91.9 Å². The van der Waals surface area contributed by atoms with Crippen LogP contribution in [0.5, 0.6) is 0 Å². The molecule has 0 N–H and O–H groups in total. The van der Waals surface area contributed by atoms with Crippen LogP contribution < -0.4 is 0 Å². The smallest absolute Gasteiger partial charge is 0.133 e. The van der Waals surface area contributed by atoms with Crippen molar-refractivity contribution in [1.82, 2.24) is 4.98 Å². The van der Waals surface area contributed by atoms with Crippen molar-refractivity contribution in [2.24, 2.45) is 5.92 Å². The Bertz CT molecular complexity index is 334. The van der Waals surface area contributed by atoms with E-state index in [2.05, 4.69) is 20.9 Å². The summed E-state index contributed by atoms with van der Waals surface area (Å²) in [7, 11) is 0. The SMILES string of the molecule is O=C1CCC(Cc2ccc(Br)cn2)C1. The third-order valence-corrected chi connectivity index (χ3v) is 3.10. The zero-order valence-electron chi connectivity index (χ0n) is 7.87. The summed E-state index contributed by atoms with van der Waals surface area (Å²) in [6.45, 7) is 0. The van der Waals surface area contributed by atoms with E-state index in [4.69, 9.17) is 0 Å². The molecular formula is C11H12BrNO. The molecule has 3 heteroatoms. The Morgan fingerprint density at radius 3 is 2.93 bits per heavy atom. The van der Waals surface area contributed by atoms with Gasteiger partial charge in [-0.1, -0.05) is 0 Å². The summed E-state index contributed by atoms with van der Waals surface area (Å²) in [4.78, 5) is 15.4. The molecular weight excluding hydrogens is 242 g/mol. The standard InChI is InChI=1S/C11H12BrNO/c12-9-2-3-10(13-7-9)5-8-1-4-11(14)6-8/h2-3,7-8H,1,4-6H2. The number of nitrogens with zero attached hydrogens (tertiary/aromatic N) is 1. The quantitative estimate of drug-likeness (QED) is 0.812. The molecule has 0 amide bonds. The maximum absolute atomic E-state index is 11.1. The average molecular weight is 254 g/mol. The summed E-state index contributed by atoms with van der Waals surface area (Å²) in [6, 6.07) is 4.02. The van der Waals surface area contributed by atoms with E-state index in [9.17, 15) is 4.79 Å². The molecule has 14 heavy (non-hydrogen) atoms. The van der Waals surface area contributed by atoms with Crippen molar-refractivity contribution < 1.29 is 4.79 Å². The van der Waals surface area contributed by atoms with Crippen molar-refractivity contribution in [1.29, 1.82) is 0 Å². The third-order valence-electron chi connectivity index (χ3n) is 2.63. The van der Waals surface area contributed by atoms with Gasteiger partial charge in [-0.2, -0.15) is 0 Å². The number of hydrogen-bond acceptors (Lipinski definition) is 2. The van der Waals surface area contributed by atoms with Gasteiger partial charge in [0.1, 0.15) is 5.78 Å². The highest BCUT2D eigenvalue weighted by Crippen LogP contribution is 2.25. The topological polar surface area (TPSA) is 30.0 Å². The molecule has 1 aliphatic rings. The molecule has 0 radical (unpaired) electrons. The Balaban J connectivity index is 1.97. The van der Waals surface area contributed by atoms with Crippen LogP contribution in [0.1, 0.15) is 25.0 Å². The lowest BCUT2D eigenvalue weighted by molar-refractivity contribution is -0.117. The van der Waals surface area contributed by atoms with Crippen LogP contribution in [-0.4, -0.2) is 10.8 Å². The summed E-state index contributed by atoms with van der Waals surface area (Å²) in [6.07, 6.45) is 5.31. The molecule has 1 saturated carbocycles. The molecule has 1 fully saturated rings. The maximum Gasteiger partial charge on any atom is 0.133 e. The first-order valence-corrected chi connectivity index (χ1v) is 5.65. The molecule has 2 rings (SSSR count). The molecule has 2 nitrogen and oxygen atoms in total. The van der Waals surface area contributed by atoms with Crippen molar-refractivity contribution in [2.45, 2.75) is 25.7 Å². The van der Waals surface area contributed by atoms with Crippen molar-refractivity contribution in [2.75, 3.05) is 0 Å². The van der Waals surface area contributed by atoms with Gasteiger partial charge in [-0.25, -0.2) is 0 Å². The highest BCUT2D eigenvalue weighted by molar-refractivity contribution is 9.10. The Morgan fingerprint density at radius 1 is 1.50 bits per heavy atom. The number of Topliss-reactive ketones (excluding diaryl/α,β-unsaturated/α-hetero) is 1. The minimum absolute atomic E-state index is 0.409. The molecule has 0 saturated heterocycles. The molecule has 1 heterocycles. The van der Waals surface area contributed by atoms with E-state index in [1.165, 1.54) is 0 Å². The Morgan fingerprint density at radius 2 is 2.36 bits per heavy atom. The van der Waals surface area contributed by atoms with Gasteiger partial charge in [-0.15, -0.1) is 0 Å². The lowest BCUT2D eigenvalue weighted by atomic mass is 10.0. The number of hydrogen-bond donors (Lipinski definition) is 0. The van der Waals surface area contributed by atoms with Gasteiger partial charge in [0.15, 0.2) is 0 Å². The highest BCUT2D eigenvalue weighted by Gasteiger charge is 2.22. The maximum atomic E-state index is 11.1. The number of ketones is 1. The van der Waals surface area contributed by atoms with Crippen LogP contribution in [0.25, 0.3) is 0 Å². The molecule has 1 atom stereocenters. The first kappa shape index (κ1) is 9.84. The van der Waals surface area contributed by atoms with E-state index in [0.717, 1.165) is 35.8 Å². The number of halogens is 1. The molecule has 74 valence electrons. The van der Waals surface area contributed by atoms with Gasteiger partial charge < -0.3 is 0 Å². The second-order valence-corrected chi connectivity index (χ2v) is 4.74. The fraction of sp³-hybridized carbons (Fsp3) is 0.455. The molecule has 0 bridgehead atoms. The van der Waals surface area contributed by atoms with Crippen LogP contribution in [0.4, 0.5) is 0 Å². The monoisotopic (exact) mass is 253 g/mol. The minimum atomic E-state index is 0.409. The van der Waals surface area contributed by atoms with Gasteiger partial charge in [0, 0.05) is 29.2 Å². The largest absolute Gasteiger partial charge is 0.300 e. The zero-order valence-corrected chi connectivity index (χ0v) is 9.46. The van der Waals surface area contributed by atoms with Gasteiger partial charge in [-0.05, 0) is 46.8 Å². The lowest BCUT2D eigenvalue weighted by Gasteiger charge is -2.06. The molecule has 1 aliphatic carbocycles. The van der Waals surface area contributed by atoms with Gasteiger partial charge in [-0.3, -0.25) is 9.78 Å². The van der Waals surface area contributed by atoms with Gasteiger partial charge in [0.05, 0.1) is 0 Å². The third kappa shape index (κ3) is 2.41. The first-order valence-electron chi connectivity index (χ1n) is 4.86. The Kier molecular flexibility index (Phi) is 2.96. The van der Waals surface area contributed by atoms with Crippen LogP contribution in [0.2, 0.25) is 0 Å².